The zero-order valence-corrected chi connectivity index (χ0v) is 16.3. The Labute approximate surface area is 162 Å². The SMILES string of the molecule is Cc1cc(OCC(=O)NCCc2c(C)[nH]c3c(F)ccc(C)c23)ccc1Cl. The number of ether oxygens (including phenoxy) is 1. The number of fused-ring (bicyclic) bond motifs is 1. The number of H-pyrrole nitrogens is 1. The van der Waals surface area contributed by atoms with Gasteiger partial charge < -0.3 is 15.0 Å². The minimum Gasteiger partial charge on any atom is -0.484 e. The maximum Gasteiger partial charge on any atom is 0.257 e. The van der Waals surface area contributed by atoms with Gasteiger partial charge in [0.2, 0.25) is 0 Å². The van der Waals surface area contributed by atoms with Crippen LogP contribution < -0.4 is 10.1 Å². The molecule has 0 aliphatic rings. The zero-order chi connectivity index (χ0) is 19.6. The Morgan fingerprint density at radius 3 is 2.70 bits per heavy atom. The topological polar surface area (TPSA) is 54.1 Å². The van der Waals surface area contributed by atoms with Gasteiger partial charge in [0.25, 0.3) is 5.91 Å². The molecule has 2 aromatic carbocycles. The number of aromatic nitrogens is 1. The maximum atomic E-state index is 14.0. The van der Waals surface area contributed by atoms with E-state index in [4.69, 9.17) is 16.3 Å². The number of halogens is 2. The smallest absolute Gasteiger partial charge is 0.257 e. The quantitative estimate of drug-likeness (QED) is 0.647. The molecule has 3 aromatic rings. The largest absolute Gasteiger partial charge is 0.484 e. The summed E-state index contributed by atoms with van der Waals surface area (Å²) in [6.07, 6.45) is 0.613. The molecule has 3 rings (SSSR count). The lowest BCUT2D eigenvalue weighted by atomic mass is 10.0. The third kappa shape index (κ3) is 4.25. The summed E-state index contributed by atoms with van der Waals surface area (Å²) < 4.78 is 19.5. The minimum atomic E-state index is -0.263. The number of carbonyl (C=O) groups excluding carboxylic acids is 1. The summed E-state index contributed by atoms with van der Waals surface area (Å²) in [5, 5.41) is 4.40. The summed E-state index contributed by atoms with van der Waals surface area (Å²) in [5.74, 6) is 0.134. The molecule has 0 unspecified atom stereocenters. The van der Waals surface area contributed by atoms with Gasteiger partial charge in [0.1, 0.15) is 11.6 Å². The van der Waals surface area contributed by atoms with Crippen molar-refractivity contribution in [1.82, 2.24) is 10.3 Å². The molecule has 1 aromatic heterocycles. The van der Waals surface area contributed by atoms with E-state index in [-0.39, 0.29) is 18.3 Å². The minimum absolute atomic E-state index is 0.0679. The Hall–Kier alpha value is -2.53. The molecule has 0 aliphatic heterocycles. The highest BCUT2D eigenvalue weighted by Crippen LogP contribution is 2.27. The number of carbonyl (C=O) groups is 1. The molecule has 0 spiro atoms. The number of benzene rings is 2. The van der Waals surface area contributed by atoms with Crippen molar-refractivity contribution in [3.8, 4) is 5.75 Å². The van der Waals surface area contributed by atoms with E-state index < -0.39 is 0 Å². The first-order valence-corrected chi connectivity index (χ1v) is 9.16. The molecule has 27 heavy (non-hydrogen) atoms. The molecule has 6 heteroatoms. The standard InChI is InChI=1S/C21H22ClFN2O2/c1-12-4-7-18(23)21-20(12)16(14(3)25-21)8-9-24-19(26)11-27-15-5-6-17(22)13(2)10-15/h4-7,10,25H,8-9,11H2,1-3H3,(H,24,26). The lowest BCUT2D eigenvalue weighted by Crippen LogP contribution is -2.30. The molecule has 0 atom stereocenters. The van der Waals surface area contributed by atoms with Crippen molar-refractivity contribution in [2.45, 2.75) is 27.2 Å². The highest BCUT2D eigenvalue weighted by molar-refractivity contribution is 6.31. The molecule has 0 saturated carbocycles. The van der Waals surface area contributed by atoms with Crippen LogP contribution in [0.4, 0.5) is 4.39 Å². The van der Waals surface area contributed by atoms with Crippen LogP contribution in [0.25, 0.3) is 10.9 Å². The molecule has 142 valence electrons. The van der Waals surface area contributed by atoms with Gasteiger partial charge in [-0.25, -0.2) is 4.39 Å². The van der Waals surface area contributed by atoms with Crippen LogP contribution in [0, 0.1) is 26.6 Å². The van der Waals surface area contributed by atoms with Gasteiger partial charge in [-0.2, -0.15) is 0 Å². The molecule has 4 nitrogen and oxygen atoms in total. The first-order valence-electron chi connectivity index (χ1n) is 8.78. The van der Waals surface area contributed by atoms with Gasteiger partial charge in [0.15, 0.2) is 6.61 Å². The van der Waals surface area contributed by atoms with E-state index >= 15 is 0 Å². The second-order valence-electron chi connectivity index (χ2n) is 6.64. The van der Waals surface area contributed by atoms with Crippen molar-refractivity contribution in [3.05, 3.63) is 63.6 Å². The number of aromatic amines is 1. The van der Waals surface area contributed by atoms with Crippen LogP contribution in [0.15, 0.2) is 30.3 Å². The molecule has 1 heterocycles. The maximum absolute atomic E-state index is 14.0. The fraction of sp³-hybridized carbons (Fsp3) is 0.286. The van der Waals surface area contributed by atoms with Gasteiger partial charge in [-0.15, -0.1) is 0 Å². The van der Waals surface area contributed by atoms with Crippen molar-refractivity contribution in [3.63, 3.8) is 0 Å². The summed E-state index contributed by atoms with van der Waals surface area (Å²) in [5.41, 5.74) is 4.37. The Balaban J connectivity index is 1.57. The highest BCUT2D eigenvalue weighted by Gasteiger charge is 2.14. The van der Waals surface area contributed by atoms with Gasteiger partial charge in [0.05, 0.1) is 5.52 Å². The second kappa shape index (κ2) is 8.01. The van der Waals surface area contributed by atoms with Crippen LogP contribution in [-0.4, -0.2) is 24.0 Å². The van der Waals surface area contributed by atoms with E-state index in [9.17, 15) is 9.18 Å². The number of hydrogen-bond donors (Lipinski definition) is 2. The van der Waals surface area contributed by atoms with Crippen LogP contribution >= 0.6 is 11.6 Å². The van der Waals surface area contributed by atoms with Gasteiger partial charge >= 0.3 is 0 Å². The normalized spacial score (nSPS) is 11.0. The average molecular weight is 389 g/mol. The van der Waals surface area contributed by atoms with Crippen LogP contribution in [-0.2, 0) is 11.2 Å². The van der Waals surface area contributed by atoms with E-state index in [2.05, 4.69) is 10.3 Å². The molecule has 0 radical (unpaired) electrons. The predicted octanol–water partition coefficient (Wildman–Crippen LogP) is 4.62. The van der Waals surface area contributed by atoms with Crippen LogP contribution in [0.5, 0.6) is 5.75 Å². The molecule has 2 N–H and O–H groups in total. The molecule has 1 amide bonds. The second-order valence-corrected chi connectivity index (χ2v) is 7.05. The molecule has 0 saturated heterocycles. The number of nitrogens with one attached hydrogen (secondary N) is 2. The fourth-order valence-electron chi connectivity index (χ4n) is 3.19. The van der Waals surface area contributed by atoms with E-state index in [0.29, 0.717) is 29.3 Å². The molecule has 0 fully saturated rings. The van der Waals surface area contributed by atoms with Crippen molar-refractivity contribution >= 4 is 28.4 Å². The molecule has 0 aliphatic carbocycles. The van der Waals surface area contributed by atoms with E-state index in [1.54, 1.807) is 24.3 Å². The first kappa shape index (κ1) is 19.2. The Morgan fingerprint density at radius 2 is 1.96 bits per heavy atom. The van der Waals surface area contributed by atoms with Crippen LogP contribution in [0.2, 0.25) is 5.02 Å². The molecule has 0 bridgehead atoms. The highest BCUT2D eigenvalue weighted by atomic mass is 35.5. The van der Waals surface area contributed by atoms with Gasteiger partial charge in [-0.1, -0.05) is 17.7 Å². The fourth-order valence-corrected chi connectivity index (χ4v) is 3.31. The Morgan fingerprint density at radius 1 is 1.19 bits per heavy atom. The number of rotatable bonds is 6. The zero-order valence-electron chi connectivity index (χ0n) is 15.6. The Kier molecular flexibility index (Phi) is 5.71. The number of amides is 1. The lowest BCUT2D eigenvalue weighted by Gasteiger charge is -2.09. The van der Waals surface area contributed by atoms with Crippen molar-refractivity contribution < 1.29 is 13.9 Å². The summed E-state index contributed by atoms with van der Waals surface area (Å²) in [6.45, 7) is 6.14. The van der Waals surface area contributed by atoms with Crippen molar-refractivity contribution in [2.75, 3.05) is 13.2 Å². The van der Waals surface area contributed by atoms with E-state index in [0.717, 1.165) is 27.8 Å². The van der Waals surface area contributed by atoms with Gasteiger partial charge in [-0.05, 0) is 68.1 Å². The molecular formula is C21H22ClFN2O2. The lowest BCUT2D eigenvalue weighted by molar-refractivity contribution is -0.123. The van der Waals surface area contributed by atoms with E-state index in [1.807, 2.05) is 20.8 Å². The summed E-state index contributed by atoms with van der Waals surface area (Å²) >= 11 is 5.97. The summed E-state index contributed by atoms with van der Waals surface area (Å²) in [7, 11) is 0. The van der Waals surface area contributed by atoms with Crippen LogP contribution in [0.3, 0.4) is 0 Å². The third-order valence-corrected chi connectivity index (χ3v) is 5.05. The first-order chi connectivity index (χ1) is 12.9. The van der Waals surface area contributed by atoms with Gasteiger partial charge in [-0.3, -0.25) is 4.79 Å². The summed E-state index contributed by atoms with van der Waals surface area (Å²) in [6, 6.07) is 8.51. The van der Waals surface area contributed by atoms with Crippen molar-refractivity contribution in [1.29, 1.82) is 0 Å². The number of aryl methyl sites for hydroxylation is 3. The predicted molar refractivity (Wildman–Crippen MR) is 106 cm³/mol. The Bertz CT molecular complexity index is 998. The van der Waals surface area contributed by atoms with E-state index in [1.165, 1.54) is 6.07 Å². The van der Waals surface area contributed by atoms with Crippen LogP contribution in [0.1, 0.15) is 22.4 Å². The van der Waals surface area contributed by atoms with Gasteiger partial charge in [0, 0.05) is 22.6 Å². The molecular weight excluding hydrogens is 367 g/mol. The number of hydrogen-bond acceptors (Lipinski definition) is 2. The third-order valence-electron chi connectivity index (χ3n) is 4.63. The average Bonchev–Trinajstić information content (AvgIpc) is 2.97. The van der Waals surface area contributed by atoms with Crippen molar-refractivity contribution in [2.24, 2.45) is 0 Å². The monoisotopic (exact) mass is 388 g/mol. The summed E-state index contributed by atoms with van der Waals surface area (Å²) in [4.78, 5) is 15.1.